The molecule has 0 radical (unpaired) electrons. The van der Waals surface area contributed by atoms with Gasteiger partial charge in [0, 0.05) is 19.0 Å². The van der Waals surface area contributed by atoms with Crippen LogP contribution in [-0.2, 0) is 4.79 Å². The van der Waals surface area contributed by atoms with E-state index in [4.69, 9.17) is 12.2 Å². The summed E-state index contributed by atoms with van der Waals surface area (Å²) in [5.74, 6) is -0.0156. The van der Waals surface area contributed by atoms with Gasteiger partial charge in [-0.05, 0) is 20.8 Å². The van der Waals surface area contributed by atoms with Gasteiger partial charge in [-0.3, -0.25) is 4.79 Å². The quantitative estimate of drug-likeness (QED) is 0.645. The molecule has 2 unspecified atom stereocenters. The van der Waals surface area contributed by atoms with Gasteiger partial charge < -0.3 is 10.6 Å². The Morgan fingerprint density at radius 3 is 1.92 bits per heavy atom. The van der Waals surface area contributed by atoms with Crippen molar-refractivity contribution in [3.05, 3.63) is 0 Å². The maximum atomic E-state index is 10.7. The second-order valence-electron chi connectivity index (χ2n) is 2.98. The van der Waals surface area contributed by atoms with Crippen molar-refractivity contribution in [3.63, 3.8) is 0 Å². The molecule has 0 rings (SSSR count). The van der Waals surface area contributed by atoms with Crippen LogP contribution in [0.25, 0.3) is 0 Å². The first kappa shape index (κ1) is 11.4. The molecule has 0 fully saturated rings. The third-order valence-corrected chi connectivity index (χ3v) is 1.73. The van der Waals surface area contributed by atoms with E-state index in [0.717, 1.165) is 4.99 Å². The zero-order valence-electron chi connectivity index (χ0n) is 7.97. The summed E-state index contributed by atoms with van der Waals surface area (Å²) < 4.78 is 0. The Labute approximate surface area is 78.9 Å². The number of carbonyl (C=O) groups excluding carboxylic acids is 1. The van der Waals surface area contributed by atoms with Gasteiger partial charge in [0.1, 0.15) is 0 Å². The Morgan fingerprint density at radius 1 is 1.17 bits per heavy atom. The van der Waals surface area contributed by atoms with Gasteiger partial charge in [0.15, 0.2) is 0 Å². The van der Waals surface area contributed by atoms with E-state index in [0.29, 0.717) is 0 Å². The van der Waals surface area contributed by atoms with Crippen LogP contribution >= 0.6 is 12.2 Å². The molecular formula is C8H16N2OS. The number of thiocarbonyl (C=S) groups is 1. The molecule has 0 saturated heterocycles. The highest BCUT2D eigenvalue weighted by Gasteiger charge is 2.11. The first-order valence-electron chi connectivity index (χ1n) is 3.97. The molecule has 0 bridgehead atoms. The number of nitrogens with one attached hydrogen (secondary N) is 2. The molecule has 0 aliphatic heterocycles. The number of amides is 1. The van der Waals surface area contributed by atoms with Gasteiger partial charge in [-0.2, -0.15) is 0 Å². The van der Waals surface area contributed by atoms with Crippen LogP contribution in [0.2, 0.25) is 0 Å². The first-order valence-corrected chi connectivity index (χ1v) is 4.38. The van der Waals surface area contributed by atoms with Crippen molar-refractivity contribution >= 4 is 23.1 Å². The van der Waals surface area contributed by atoms with E-state index in [-0.39, 0.29) is 18.0 Å². The lowest BCUT2D eigenvalue weighted by molar-refractivity contribution is -0.119. The van der Waals surface area contributed by atoms with Crippen molar-refractivity contribution in [3.8, 4) is 0 Å². The molecule has 0 aromatic carbocycles. The highest BCUT2D eigenvalue weighted by molar-refractivity contribution is 7.80. The van der Waals surface area contributed by atoms with E-state index in [1.54, 1.807) is 0 Å². The zero-order valence-corrected chi connectivity index (χ0v) is 8.79. The average Bonchev–Trinajstić information content (AvgIpc) is 1.84. The van der Waals surface area contributed by atoms with E-state index in [1.165, 1.54) is 6.92 Å². The molecule has 0 heterocycles. The minimum atomic E-state index is -0.0156. The molecule has 0 aromatic rings. The minimum absolute atomic E-state index is 0.0156. The van der Waals surface area contributed by atoms with Gasteiger partial charge in [0.2, 0.25) is 5.91 Å². The maximum absolute atomic E-state index is 10.7. The van der Waals surface area contributed by atoms with Crippen LogP contribution in [0.1, 0.15) is 27.7 Å². The molecule has 12 heavy (non-hydrogen) atoms. The minimum Gasteiger partial charge on any atom is -0.375 e. The molecule has 0 aliphatic carbocycles. The number of hydrogen-bond acceptors (Lipinski definition) is 2. The average molecular weight is 188 g/mol. The van der Waals surface area contributed by atoms with E-state index >= 15 is 0 Å². The summed E-state index contributed by atoms with van der Waals surface area (Å²) in [6.45, 7) is 7.26. The summed E-state index contributed by atoms with van der Waals surface area (Å²) in [6.07, 6.45) is 0. The maximum Gasteiger partial charge on any atom is 0.217 e. The third-order valence-electron chi connectivity index (χ3n) is 1.61. The van der Waals surface area contributed by atoms with E-state index in [2.05, 4.69) is 10.6 Å². The largest absolute Gasteiger partial charge is 0.375 e. The second kappa shape index (κ2) is 5.09. The van der Waals surface area contributed by atoms with E-state index in [1.807, 2.05) is 20.8 Å². The van der Waals surface area contributed by atoms with Crippen LogP contribution in [0.5, 0.6) is 0 Å². The van der Waals surface area contributed by atoms with E-state index < -0.39 is 0 Å². The van der Waals surface area contributed by atoms with Crippen LogP contribution in [0.15, 0.2) is 0 Å². The molecule has 70 valence electrons. The number of hydrogen-bond donors (Lipinski definition) is 2. The summed E-state index contributed by atoms with van der Waals surface area (Å²) in [4.78, 5) is 11.4. The molecular weight excluding hydrogens is 172 g/mol. The number of rotatable bonds is 3. The van der Waals surface area contributed by atoms with Crippen LogP contribution in [-0.4, -0.2) is 23.0 Å². The topological polar surface area (TPSA) is 41.1 Å². The zero-order chi connectivity index (χ0) is 9.72. The fourth-order valence-corrected chi connectivity index (χ4v) is 1.08. The van der Waals surface area contributed by atoms with Crippen LogP contribution < -0.4 is 10.6 Å². The summed E-state index contributed by atoms with van der Waals surface area (Å²) >= 11 is 4.88. The summed E-state index contributed by atoms with van der Waals surface area (Å²) in [5.41, 5.74) is 0. The van der Waals surface area contributed by atoms with Crippen LogP contribution in [0.4, 0.5) is 0 Å². The van der Waals surface area contributed by atoms with Crippen molar-refractivity contribution < 1.29 is 4.79 Å². The molecule has 1 amide bonds. The van der Waals surface area contributed by atoms with Gasteiger partial charge in [-0.25, -0.2) is 0 Å². The normalized spacial score (nSPS) is 14.7. The molecule has 0 spiro atoms. The molecule has 2 N–H and O–H groups in total. The fourth-order valence-electron chi connectivity index (χ4n) is 0.891. The van der Waals surface area contributed by atoms with E-state index in [9.17, 15) is 4.79 Å². The van der Waals surface area contributed by atoms with Gasteiger partial charge >= 0.3 is 0 Å². The third kappa shape index (κ3) is 5.07. The summed E-state index contributed by atoms with van der Waals surface area (Å²) in [6, 6.07) is 0.270. The Kier molecular flexibility index (Phi) is 4.81. The lowest BCUT2D eigenvalue weighted by Gasteiger charge is -2.21. The molecule has 3 nitrogen and oxygen atoms in total. The Morgan fingerprint density at radius 2 is 1.58 bits per heavy atom. The Hall–Kier alpha value is -0.640. The lowest BCUT2D eigenvalue weighted by Crippen LogP contribution is -2.47. The monoisotopic (exact) mass is 188 g/mol. The smallest absolute Gasteiger partial charge is 0.217 e. The van der Waals surface area contributed by atoms with Crippen molar-refractivity contribution in [2.24, 2.45) is 0 Å². The first-order chi connectivity index (χ1) is 5.43. The van der Waals surface area contributed by atoms with Crippen molar-refractivity contribution in [2.45, 2.75) is 39.8 Å². The SMILES string of the molecule is CC(=O)NC(C)C(C)NC(C)=S. The van der Waals surface area contributed by atoms with Crippen molar-refractivity contribution in [1.29, 1.82) is 0 Å². The standard InChI is InChI=1S/C8H16N2OS/c1-5(9-7(3)11)6(2)10-8(4)12/h5-6H,1-4H3,(H,9,11)(H,10,12). The molecule has 2 atom stereocenters. The number of carbonyl (C=O) groups is 1. The molecule has 0 aliphatic rings. The summed E-state index contributed by atoms with van der Waals surface area (Å²) in [5, 5.41) is 5.85. The second-order valence-corrected chi connectivity index (χ2v) is 3.59. The Balaban J connectivity index is 3.83. The van der Waals surface area contributed by atoms with Gasteiger partial charge in [0.25, 0.3) is 0 Å². The fraction of sp³-hybridized carbons (Fsp3) is 0.750. The summed E-state index contributed by atoms with van der Waals surface area (Å²) in [7, 11) is 0. The highest BCUT2D eigenvalue weighted by atomic mass is 32.1. The van der Waals surface area contributed by atoms with Gasteiger partial charge in [0.05, 0.1) is 4.99 Å². The predicted molar refractivity (Wildman–Crippen MR) is 54.1 cm³/mol. The molecule has 4 heteroatoms. The van der Waals surface area contributed by atoms with Crippen LogP contribution in [0, 0.1) is 0 Å². The van der Waals surface area contributed by atoms with Crippen LogP contribution in [0.3, 0.4) is 0 Å². The van der Waals surface area contributed by atoms with Gasteiger partial charge in [-0.15, -0.1) is 0 Å². The van der Waals surface area contributed by atoms with Gasteiger partial charge in [-0.1, -0.05) is 12.2 Å². The molecule has 0 aromatic heterocycles. The predicted octanol–water partition coefficient (Wildman–Crippen LogP) is 0.836. The van der Waals surface area contributed by atoms with Crippen molar-refractivity contribution in [1.82, 2.24) is 10.6 Å². The molecule has 0 saturated carbocycles. The Bertz CT molecular complexity index is 162. The lowest BCUT2D eigenvalue weighted by atomic mass is 10.1. The van der Waals surface area contributed by atoms with Crippen molar-refractivity contribution in [2.75, 3.05) is 0 Å². The highest BCUT2D eigenvalue weighted by Crippen LogP contribution is 1.91.